The summed E-state index contributed by atoms with van der Waals surface area (Å²) in [4.78, 5) is 34.8. The monoisotopic (exact) mass is 576 g/mol. The summed E-state index contributed by atoms with van der Waals surface area (Å²) in [6, 6.07) is 3.48. The number of hydrogen-bond donors (Lipinski definition) is 4. The lowest BCUT2D eigenvalue weighted by molar-refractivity contribution is -0.150. The van der Waals surface area contributed by atoms with E-state index in [1.807, 2.05) is 13.0 Å². The molecule has 4 rings (SSSR count). The van der Waals surface area contributed by atoms with E-state index in [4.69, 9.17) is 15.2 Å². The van der Waals surface area contributed by atoms with Gasteiger partial charge in [0.15, 0.2) is 6.23 Å². The zero-order valence-electron chi connectivity index (χ0n) is 23.3. The maximum absolute atomic E-state index is 14.0. The van der Waals surface area contributed by atoms with Crippen LogP contribution in [0.4, 0.5) is 10.5 Å². The van der Waals surface area contributed by atoms with Gasteiger partial charge in [0, 0.05) is 31.9 Å². The molecule has 220 valence electrons. The van der Waals surface area contributed by atoms with Crippen LogP contribution in [0.15, 0.2) is 35.5 Å². The molecule has 1 saturated heterocycles. The summed E-state index contributed by atoms with van der Waals surface area (Å²) in [5.74, 6) is 0.631. The summed E-state index contributed by atoms with van der Waals surface area (Å²) in [5.41, 5.74) is 7.77. The summed E-state index contributed by atoms with van der Waals surface area (Å²) in [7, 11) is -4.12. The lowest BCUT2D eigenvalue weighted by Crippen LogP contribution is -2.55. The van der Waals surface area contributed by atoms with Crippen LogP contribution in [0.25, 0.3) is 0 Å². The Bertz CT molecular complexity index is 1270. The van der Waals surface area contributed by atoms with Gasteiger partial charge in [-0.3, -0.25) is 4.79 Å². The van der Waals surface area contributed by atoms with Crippen molar-refractivity contribution in [1.82, 2.24) is 19.6 Å². The SMILES string of the molecule is CCOC(=O)O[C@@H]1C[C@H](C)CCN1C(=O)[C@H](CC[C@H](N)c1ncc[nH]1)NS(=O)(=O)c1cccc2c1NC[C@H](C)C2. The molecule has 1 aromatic heterocycles. The predicted octanol–water partition coefficient (Wildman–Crippen LogP) is 2.90. The molecular formula is C27H40N6O6S. The number of likely N-dealkylation sites (tertiary alicyclic amines) is 1. The largest absolute Gasteiger partial charge is 0.510 e. The summed E-state index contributed by atoms with van der Waals surface area (Å²) >= 11 is 0. The number of rotatable bonds is 10. The second kappa shape index (κ2) is 13.0. The van der Waals surface area contributed by atoms with Gasteiger partial charge in [0.1, 0.15) is 16.8 Å². The second-order valence-corrected chi connectivity index (χ2v) is 12.4. The molecule has 12 nitrogen and oxygen atoms in total. The first-order valence-corrected chi connectivity index (χ1v) is 15.3. The topological polar surface area (TPSA) is 169 Å². The van der Waals surface area contributed by atoms with E-state index < -0.39 is 40.4 Å². The van der Waals surface area contributed by atoms with Crippen molar-refractivity contribution in [2.24, 2.45) is 17.6 Å². The number of carbonyl (C=O) groups is 2. The summed E-state index contributed by atoms with van der Waals surface area (Å²) in [6.07, 6.45) is 3.75. The van der Waals surface area contributed by atoms with Crippen LogP contribution in [0.1, 0.15) is 63.9 Å². The fourth-order valence-corrected chi connectivity index (χ4v) is 6.71. The molecule has 0 unspecified atom stereocenters. The lowest BCUT2D eigenvalue weighted by atomic mass is 9.96. The molecule has 13 heteroatoms. The molecule has 0 bridgehead atoms. The number of H-pyrrole nitrogens is 1. The number of nitrogens with zero attached hydrogens (tertiary/aromatic N) is 2. The molecule has 1 aromatic carbocycles. The van der Waals surface area contributed by atoms with Gasteiger partial charge in [0.25, 0.3) is 0 Å². The first-order valence-electron chi connectivity index (χ1n) is 13.9. The van der Waals surface area contributed by atoms with Gasteiger partial charge in [-0.1, -0.05) is 26.0 Å². The number of amides is 1. The molecule has 40 heavy (non-hydrogen) atoms. The number of carbonyl (C=O) groups excluding carboxylic acids is 2. The van der Waals surface area contributed by atoms with Crippen molar-refractivity contribution < 1.29 is 27.5 Å². The normalized spacial score (nSPS) is 22.5. The summed E-state index contributed by atoms with van der Waals surface area (Å²) in [6.45, 7) is 6.87. The molecule has 5 N–H and O–H groups in total. The molecule has 1 amide bonds. The van der Waals surface area contributed by atoms with E-state index in [-0.39, 0.29) is 30.3 Å². The smallest absolute Gasteiger partial charge is 0.435 e. The molecule has 1 fully saturated rings. The van der Waals surface area contributed by atoms with E-state index in [9.17, 15) is 18.0 Å². The molecule has 5 atom stereocenters. The van der Waals surface area contributed by atoms with Crippen LogP contribution in [0.2, 0.25) is 0 Å². The van der Waals surface area contributed by atoms with E-state index in [2.05, 4.69) is 26.9 Å². The third-order valence-electron chi connectivity index (χ3n) is 7.42. The number of para-hydroxylation sites is 1. The standard InChI is InChI=1S/C27H40N6O6S/c1-4-38-27(35)39-23-15-17(2)10-13-33(23)26(34)21(9-8-20(28)25-29-11-12-30-25)32-40(36,37)22-7-5-6-19-14-18(3)16-31-24(19)22/h5-7,11-12,17-18,20-21,23,31-32H,4,8-10,13-16,28H2,1-3H3,(H,29,30)/t17-,18-,20+,21+,23-/m1/s1. The molecule has 2 aromatic rings. The Morgan fingerprint density at radius 3 is 2.77 bits per heavy atom. The minimum absolute atomic E-state index is 0.0941. The number of nitrogens with two attached hydrogens (primary N) is 1. The van der Waals surface area contributed by atoms with E-state index >= 15 is 0 Å². The number of nitrogens with one attached hydrogen (secondary N) is 3. The Morgan fingerprint density at radius 2 is 2.05 bits per heavy atom. The Balaban J connectivity index is 1.60. The third-order valence-corrected chi connectivity index (χ3v) is 8.94. The number of imidazole rings is 1. The number of aromatic amines is 1. The van der Waals surface area contributed by atoms with Gasteiger partial charge in [-0.25, -0.2) is 18.2 Å². The molecule has 0 aliphatic carbocycles. The van der Waals surface area contributed by atoms with Gasteiger partial charge in [-0.15, -0.1) is 0 Å². The minimum Gasteiger partial charge on any atom is -0.435 e. The maximum atomic E-state index is 14.0. The van der Waals surface area contributed by atoms with Crippen molar-refractivity contribution in [2.45, 2.75) is 76.1 Å². The van der Waals surface area contributed by atoms with Crippen molar-refractivity contribution in [3.05, 3.63) is 42.0 Å². The van der Waals surface area contributed by atoms with Gasteiger partial charge in [0.2, 0.25) is 15.9 Å². The van der Waals surface area contributed by atoms with Crippen molar-refractivity contribution in [3.8, 4) is 0 Å². The first kappa shape index (κ1) is 29.8. The number of piperidine rings is 1. The van der Waals surface area contributed by atoms with Crippen LogP contribution in [0, 0.1) is 11.8 Å². The number of sulfonamides is 1. The van der Waals surface area contributed by atoms with Crippen molar-refractivity contribution >= 4 is 27.8 Å². The van der Waals surface area contributed by atoms with Gasteiger partial charge < -0.3 is 30.4 Å². The number of hydrogen-bond acceptors (Lipinski definition) is 9. The van der Waals surface area contributed by atoms with Crippen molar-refractivity contribution in [1.29, 1.82) is 0 Å². The highest BCUT2D eigenvalue weighted by molar-refractivity contribution is 7.89. The number of ether oxygens (including phenoxy) is 2. The highest BCUT2D eigenvalue weighted by Crippen LogP contribution is 2.32. The van der Waals surface area contributed by atoms with Gasteiger partial charge in [-0.05, 0) is 56.1 Å². The number of fused-ring (bicyclic) bond motifs is 1. The van der Waals surface area contributed by atoms with E-state index in [1.165, 1.54) is 11.0 Å². The average molecular weight is 577 g/mol. The zero-order chi connectivity index (χ0) is 28.9. The van der Waals surface area contributed by atoms with Gasteiger partial charge in [0.05, 0.1) is 18.3 Å². The molecule has 0 spiro atoms. The van der Waals surface area contributed by atoms with Crippen LogP contribution in [-0.2, 0) is 30.7 Å². The molecule has 2 aliphatic heterocycles. The highest BCUT2D eigenvalue weighted by Gasteiger charge is 2.38. The molecule has 0 radical (unpaired) electrons. The van der Waals surface area contributed by atoms with Crippen LogP contribution in [-0.4, -0.2) is 67.3 Å². The van der Waals surface area contributed by atoms with Crippen LogP contribution in [0.5, 0.6) is 0 Å². The van der Waals surface area contributed by atoms with Crippen molar-refractivity contribution in [3.63, 3.8) is 0 Å². The Hall–Kier alpha value is -3.16. The van der Waals surface area contributed by atoms with Crippen molar-refractivity contribution in [2.75, 3.05) is 25.0 Å². The van der Waals surface area contributed by atoms with Gasteiger partial charge >= 0.3 is 6.16 Å². The number of anilines is 1. The van der Waals surface area contributed by atoms with Crippen LogP contribution >= 0.6 is 0 Å². The minimum atomic E-state index is -4.12. The molecular weight excluding hydrogens is 536 g/mol. The quantitative estimate of drug-likeness (QED) is 0.311. The Kier molecular flexibility index (Phi) is 9.69. The van der Waals surface area contributed by atoms with Gasteiger partial charge in [-0.2, -0.15) is 4.72 Å². The summed E-state index contributed by atoms with van der Waals surface area (Å²) < 4.78 is 40.6. The maximum Gasteiger partial charge on any atom is 0.510 e. The fraction of sp³-hybridized carbons (Fsp3) is 0.593. The second-order valence-electron chi connectivity index (χ2n) is 10.7. The lowest BCUT2D eigenvalue weighted by Gasteiger charge is -2.39. The third kappa shape index (κ3) is 7.12. The Labute approximate surface area is 235 Å². The first-order chi connectivity index (χ1) is 19.1. The fourth-order valence-electron chi connectivity index (χ4n) is 5.26. The zero-order valence-corrected chi connectivity index (χ0v) is 24.1. The van der Waals surface area contributed by atoms with E-state index in [0.717, 1.165) is 12.0 Å². The van der Waals surface area contributed by atoms with E-state index in [0.29, 0.717) is 43.4 Å². The Morgan fingerprint density at radius 1 is 1.25 bits per heavy atom. The highest BCUT2D eigenvalue weighted by atomic mass is 32.2. The predicted molar refractivity (Wildman–Crippen MR) is 149 cm³/mol. The van der Waals surface area contributed by atoms with Crippen LogP contribution < -0.4 is 15.8 Å². The van der Waals surface area contributed by atoms with E-state index in [1.54, 1.807) is 25.4 Å². The molecule has 0 saturated carbocycles. The van der Waals surface area contributed by atoms with Crippen LogP contribution in [0.3, 0.4) is 0 Å². The number of benzene rings is 1. The summed E-state index contributed by atoms with van der Waals surface area (Å²) in [5, 5.41) is 3.25. The average Bonchev–Trinajstić information content (AvgIpc) is 3.45. The number of aromatic nitrogens is 2. The molecule has 2 aliphatic rings. The molecule has 3 heterocycles.